The molecule has 3 aliphatic carbocycles. The van der Waals surface area contributed by atoms with Crippen LogP contribution in [0.25, 0.3) is 0 Å². The minimum Gasteiger partial charge on any atom is -0.443 e. The number of carbonyl (C=O) groups is 3. The Morgan fingerprint density at radius 1 is 1.18 bits per heavy atom. The molecule has 2 bridgehead atoms. The van der Waals surface area contributed by atoms with E-state index in [-0.39, 0.29) is 33.0 Å². The number of ether oxygens (including phenoxy) is 1. The first-order chi connectivity index (χ1) is 18.4. The number of nitrogens with zero attached hydrogens (tertiary/aromatic N) is 1. The van der Waals surface area contributed by atoms with Crippen LogP contribution >= 0.6 is 23.2 Å². The second-order valence-corrected chi connectivity index (χ2v) is 14.5. The fourth-order valence-electron chi connectivity index (χ4n) is 6.56. The van der Waals surface area contributed by atoms with E-state index in [0.717, 1.165) is 17.7 Å². The van der Waals surface area contributed by atoms with Gasteiger partial charge in [-0.1, -0.05) is 50.9 Å². The quantitative estimate of drug-likeness (QED) is 0.379. The Bertz CT molecular complexity index is 1170. The number of halogens is 2. The predicted octanol–water partition coefficient (Wildman–Crippen LogP) is 6.17. The van der Waals surface area contributed by atoms with Crippen molar-refractivity contribution in [3.8, 4) is 0 Å². The molecular weight excluding hydrogens is 554 g/mol. The lowest BCUT2D eigenvalue weighted by Crippen LogP contribution is -2.65. The maximum Gasteiger partial charge on any atom is 0.481 e. The van der Waals surface area contributed by atoms with Gasteiger partial charge in [0.15, 0.2) is 0 Å². The lowest BCUT2D eigenvalue weighted by Gasteiger charge is -2.64. The van der Waals surface area contributed by atoms with Crippen molar-refractivity contribution in [2.75, 3.05) is 6.54 Å². The third kappa shape index (κ3) is 6.18. The molecule has 3 saturated carbocycles. The van der Waals surface area contributed by atoms with Crippen LogP contribution in [0.3, 0.4) is 0 Å². The van der Waals surface area contributed by atoms with E-state index in [9.17, 15) is 14.4 Å². The standard InChI is InChI=1S/C29H41BCl2N2O6/c1-16(2)11-23(30-39-22-13-17-12-21(28(17,6)7)29(22,8)40-30)33-24(35)15-34(26(37)38-27(3,4)5)25(36)19-14-18(31)9-10-20(19)32/h9-10,14,16-17,21-23H,11-13,15H2,1-8H3,(H,33,35)/t17-,21-,22+,23-,29-/m0/s1. The molecule has 5 atom stereocenters. The number of carbonyl (C=O) groups excluding carboxylic acids is 3. The van der Waals surface area contributed by atoms with Gasteiger partial charge in [-0.15, -0.1) is 0 Å². The number of hydrogen-bond acceptors (Lipinski definition) is 6. The molecule has 0 spiro atoms. The molecule has 4 fully saturated rings. The topological polar surface area (TPSA) is 94.2 Å². The summed E-state index contributed by atoms with van der Waals surface area (Å²) in [4.78, 5) is 40.8. The molecular formula is C29H41BCl2N2O6. The highest BCUT2D eigenvalue weighted by molar-refractivity contribution is 6.48. The van der Waals surface area contributed by atoms with E-state index >= 15 is 0 Å². The normalized spacial score (nSPS) is 27.5. The Balaban J connectivity index is 1.53. The lowest BCUT2D eigenvalue weighted by molar-refractivity contribution is -0.199. The van der Waals surface area contributed by atoms with Gasteiger partial charge in [-0.2, -0.15) is 0 Å². The smallest absolute Gasteiger partial charge is 0.443 e. The predicted molar refractivity (Wildman–Crippen MR) is 155 cm³/mol. The summed E-state index contributed by atoms with van der Waals surface area (Å²) >= 11 is 12.3. The zero-order chi connectivity index (χ0) is 29.8. The van der Waals surface area contributed by atoms with Gasteiger partial charge in [0.1, 0.15) is 12.1 Å². The molecule has 1 aromatic carbocycles. The van der Waals surface area contributed by atoms with Crippen LogP contribution in [0, 0.1) is 23.2 Å². The van der Waals surface area contributed by atoms with Gasteiger partial charge in [-0.25, -0.2) is 9.69 Å². The summed E-state index contributed by atoms with van der Waals surface area (Å²) in [5, 5.41) is 3.37. The number of amides is 3. The van der Waals surface area contributed by atoms with Gasteiger partial charge in [0.2, 0.25) is 5.91 Å². The molecule has 3 amide bonds. The van der Waals surface area contributed by atoms with Crippen molar-refractivity contribution < 1.29 is 28.4 Å². The van der Waals surface area contributed by atoms with Crippen LogP contribution in [0.5, 0.6) is 0 Å². The Kier molecular flexibility index (Phi) is 8.66. The molecule has 1 N–H and O–H groups in total. The van der Waals surface area contributed by atoms with E-state index in [2.05, 4.69) is 39.9 Å². The number of benzene rings is 1. The van der Waals surface area contributed by atoms with Crippen molar-refractivity contribution >= 4 is 48.2 Å². The fourth-order valence-corrected chi connectivity index (χ4v) is 6.93. The molecule has 4 aliphatic rings. The number of hydrogen-bond donors (Lipinski definition) is 1. The van der Waals surface area contributed by atoms with E-state index in [4.69, 9.17) is 37.2 Å². The molecule has 0 aromatic heterocycles. The first-order valence-corrected chi connectivity index (χ1v) is 14.8. The number of imide groups is 1. The third-order valence-corrected chi connectivity index (χ3v) is 9.25. The molecule has 0 unspecified atom stereocenters. The summed E-state index contributed by atoms with van der Waals surface area (Å²) in [6.07, 6.45) is 1.65. The molecule has 11 heteroatoms. The van der Waals surface area contributed by atoms with E-state index in [1.165, 1.54) is 18.2 Å². The Morgan fingerprint density at radius 3 is 2.45 bits per heavy atom. The molecule has 1 saturated heterocycles. The van der Waals surface area contributed by atoms with E-state index in [1.54, 1.807) is 20.8 Å². The monoisotopic (exact) mass is 594 g/mol. The van der Waals surface area contributed by atoms with Crippen LogP contribution in [0.2, 0.25) is 10.0 Å². The van der Waals surface area contributed by atoms with E-state index in [0.29, 0.717) is 18.3 Å². The first-order valence-electron chi connectivity index (χ1n) is 14.0. The summed E-state index contributed by atoms with van der Waals surface area (Å²) in [5.74, 6) is -0.590. The van der Waals surface area contributed by atoms with E-state index < -0.39 is 48.7 Å². The van der Waals surface area contributed by atoms with Gasteiger partial charge < -0.3 is 19.4 Å². The molecule has 8 nitrogen and oxygen atoms in total. The minimum absolute atomic E-state index is 0.00684. The highest BCUT2D eigenvalue weighted by Gasteiger charge is 2.68. The van der Waals surface area contributed by atoms with Gasteiger partial charge in [0, 0.05) is 5.02 Å². The molecule has 40 heavy (non-hydrogen) atoms. The van der Waals surface area contributed by atoms with Gasteiger partial charge in [-0.05, 0) is 88.3 Å². The third-order valence-electron chi connectivity index (χ3n) is 8.69. The average molecular weight is 595 g/mol. The van der Waals surface area contributed by atoms with Crippen LogP contribution in [-0.4, -0.2) is 59.7 Å². The highest BCUT2D eigenvalue weighted by Crippen LogP contribution is 2.65. The molecule has 1 aromatic rings. The van der Waals surface area contributed by atoms with Crippen LogP contribution in [0.4, 0.5) is 4.79 Å². The first kappa shape index (κ1) is 31.1. The van der Waals surface area contributed by atoms with Crippen LogP contribution in [0.15, 0.2) is 18.2 Å². The van der Waals surface area contributed by atoms with Crippen molar-refractivity contribution in [1.82, 2.24) is 10.2 Å². The Labute approximate surface area is 247 Å². The van der Waals surface area contributed by atoms with Gasteiger partial charge >= 0.3 is 13.2 Å². The van der Waals surface area contributed by atoms with E-state index in [1.807, 2.05) is 0 Å². The van der Waals surface area contributed by atoms with Crippen molar-refractivity contribution in [3.05, 3.63) is 33.8 Å². The summed E-state index contributed by atoms with van der Waals surface area (Å²) in [7, 11) is -0.635. The summed E-state index contributed by atoms with van der Waals surface area (Å²) in [6.45, 7) is 15.3. The summed E-state index contributed by atoms with van der Waals surface area (Å²) < 4.78 is 18.5. The second kappa shape index (κ2) is 11.1. The number of nitrogens with one attached hydrogen (secondary N) is 1. The highest BCUT2D eigenvalue weighted by atomic mass is 35.5. The van der Waals surface area contributed by atoms with Crippen LogP contribution < -0.4 is 5.32 Å². The molecule has 1 heterocycles. The van der Waals surface area contributed by atoms with Crippen LogP contribution in [-0.2, 0) is 18.8 Å². The lowest BCUT2D eigenvalue weighted by atomic mass is 9.43. The molecule has 5 rings (SSSR count). The zero-order valence-electron chi connectivity index (χ0n) is 24.7. The van der Waals surface area contributed by atoms with Crippen molar-refractivity contribution in [2.45, 2.75) is 97.9 Å². The van der Waals surface area contributed by atoms with Gasteiger partial charge in [0.25, 0.3) is 5.91 Å². The van der Waals surface area contributed by atoms with Crippen LogP contribution in [0.1, 0.15) is 85.0 Å². The van der Waals surface area contributed by atoms with Gasteiger partial charge in [0.05, 0.1) is 28.2 Å². The van der Waals surface area contributed by atoms with Crippen molar-refractivity contribution in [2.24, 2.45) is 23.2 Å². The largest absolute Gasteiger partial charge is 0.481 e. The minimum atomic E-state index is -0.960. The maximum absolute atomic E-state index is 13.5. The SMILES string of the molecule is CC(C)C[C@H](NC(=O)CN(C(=O)OC(C)(C)C)C(=O)c1cc(Cl)ccc1Cl)B1O[C@@H]2C[C@@H]3C[C@@H](C3(C)C)[C@]2(C)O1. The number of rotatable bonds is 7. The van der Waals surface area contributed by atoms with Gasteiger partial charge in [-0.3, -0.25) is 9.59 Å². The Hall–Kier alpha value is -1.81. The van der Waals surface area contributed by atoms with Crippen molar-refractivity contribution in [3.63, 3.8) is 0 Å². The summed E-state index contributed by atoms with van der Waals surface area (Å²) in [6, 6.07) is 4.36. The fraction of sp³-hybridized carbons (Fsp3) is 0.690. The zero-order valence-corrected chi connectivity index (χ0v) is 26.2. The second-order valence-electron chi connectivity index (χ2n) is 13.6. The summed E-state index contributed by atoms with van der Waals surface area (Å²) in [5.41, 5.74) is -1.13. The Morgan fingerprint density at radius 2 is 1.85 bits per heavy atom. The average Bonchev–Trinajstić information content (AvgIpc) is 3.19. The maximum atomic E-state index is 13.5. The van der Waals surface area contributed by atoms with Crippen molar-refractivity contribution in [1.29, 1.82) is 0 Å². The molecule has 1 aliphatic heterocycles. The molecule has 0 radical (unpaired) electrons. The molecule has 220 valence electrons.